The van der Waals surface area contributed by atoms with Gasteiger partial charge in [-0.3, -0.25) is 10.1 Å². The third kappa shape index (κ3) is 7.12. The number of halogens is 3. The summed E-state index contributed by atoms with van der Waals surface area (Å²) in [7, 11) is 0. The maximum absolute atomic E-state index is 10.6. The van der Waals surface area contributed by atoms with Crippen LogP contribution in [0.25, 0.3) is 44.5 Å². The monoisotopic (exact) mass is 603 g/mol. The zero-order chi connectivity index (χ0) is 31.2. The number of fused-ring (bicyclic) bond motifs is 1. The molecule has 0 aliphatic heterocycles. The van der Waals surface area contributed by atoms with Crippen LogP contribution in [-0.2, 0) is 11.3 Å². The number of aliphatic carboxylic acids is 1. The van der Waals surface area contributed by atoms with E-state index in [0.717, 1.165) is 70.5 Å². The number of nitrogens with zero attached hydrogens (tertiary/aromatic N) is 3. The number of hydrogen-bond donors (Lipinski definition) is 4. The van der Waals surface area contributed by atoms with E-state index in [2.05, 4.69) is 75.1 Å². The molecule has 0 amide bonds. The Morgan fingerprint density at radius 3 is 2.27 bits per heavy atom. The van der Waals surface area contributed by atoms with Gasteiger partial charge in [-0.1, -0.05) is 67.4 Å². The molecule has 1 aliphatic rings. The fourth-order valence-corrected chi connectivity index (χ4v) is 5.53. The third-order valence-corrected chi connectivity index (χ3v) is 7.90. The van der Waals surface area contributed by atoms with Gasteiger partial charge in [0.05, 0.1) is 23.1 Å². The summed E-state index contributed by atoms with van der Waals surface area (Å²) >= 11 is 0. The summed E-state index contributed by atoms with van der Waals surface area (Å²) in [5, 5.41) is 28.6. The SMILES string of the molecule is O=C(O)C(F)(F)F.OCC1(CNCc2ccc(-c3nc4ccnc(-c5cn[nH]c5)c4cc3-c3ccccc3)cc2)CCCC1. The Labute approximate surface area is 252 Å². The predicted octanol–water partition coefficient (Wildman–Crippen LogP) is 6.63. The average molecular weight is 604 g/mol. The molecule has 0 unspecified atom stereocenters. The quantitative estimate of drug-likeness (QED) is 0.157. The van der Waals surface area contributed by atoms with Crippen LogP contribution in [0.1, 0.15) is 31.2 Å². The number of carboxylic acids is 1. The molecule has 4 N–H and O–H groups in total. The summed E-state index contributed by atoms with van der Waals surface area (Å²) < 4.78 is 31.7. The highest BCUT2D eigenvalue weighted by Crippen LogP contribution is 2.38. The minimum atomic E-state index is -5.08. The summed E-state index contributed by atoms with van der Waals surface area (Å²) in [6.45, 7) is 1.92. The van der Waals surface area contributed by atoms with E-state index < -0.39 is 12.1 Å². The van der Waals surface area contributed by atoms with Crippen LogP contribution in [0.2, 0.25) is 0 Å². The first-order valence-electron chi connectivity index (χ1n) is 14.2. The van der Waals surface area contributed by atoms with Crippen LogP contribution < -0.4 is 5.32 Å². The molecule has 6 rings (SSSR count). The molecule has 3 aromatic heterocycles. The van der Waals surface area contributed by atoms with E-state index in [1.165, 1.54) is 18.4 Å². The molecule has 11 heteroatoms. The van der Waals surface area contributed by atoms with E-state index >= 15 is 0 Å². The van der Waals surface area contributed by atoms with E-state index in [0.29, 0.717) is 0 Å². The Hall–Kier alpha value is -4.61. The van der Waals surface area contributed by atoms with Crippen LogP contribution in [0.4, 0.5) is 13.2 Å². The highest BCUT2D eigenvalue weighted by atomic mass is 19.4. The van der Waals surface area contributed by atoms with Crippen molar-refractivity contribution >= 4 is 16.9 Å². The summed E-state index contributed by atoms with van der Waals surface area (Å²) in [5.74, 6) is -2.76. The van der Waals surface area contributed by atoms with Crippen LogP contribution in [-0.4, -0.2) is 55.7 Å². The fourth-order valence-electron chi connectivity index (χ4n) is 5.53. The van der Waals surface area contributed by atoms with Crippen molar-refractivity contribution in [3.05, 3.63) is 90.9 Å². The van der Waals surface area contributed by atoms with E-state index in [1.54, 1.807) is 6.20 Å². The minimum absolute atomic E-state index is 0.0592. The average Bonchev–Trinajstić information content (AvgIpc) is 3.74. The summed E-state index contributed by atoms with van der Waals surface area (Å²) in [5.41, 5.74) is 8.21. The number of alkyl halides is 3. The first kappa shape index (κ1) is 30.8. The van der Waals surface area contributed by atoms with Gasteiger partial charge in [0.1, 0.15) is 0 Å². The molecule has 0 bridgehead atoms. The van der Waals surface area contributed by atoms with Crippen molar-refractivity contribution < 1.29 is 28.2 Å². The van der Waals surface area contributed by atoms with E-state index in [-0.39, 0.29) is 12.0 Å². The van der Waals surface area contributed by atoms with Gasteiger partial charge in [0.2, 0.25) is 0 Å². The molecule has 0 spiro atoms. The van der Waals surface area contributed by atoms with Gasteiger partial charge in [0, 0.05) is 59.6 Å². The zero-order valence-electron chi connectivity index (χ0n) is 23.8. The maximum atomic E-state index is 10.6. The number of aromatic nitrogens is 4. The van der Waals surface area contributed by atoms with Gasteiger partial charge in [-0.2, -0.15) is 18.3 Å². The minimum Gasteiger partial charge on any atom is -0.475 e. The van der Waals surface area contributed by atoms with Crippen molar-refractivity contribution in [2.24, 2.45) is 5.41 Å². The first-order valence-corrected chi connectivity index (χ1v) is 14.2. The second-order valence-electron chi connectivity index (χ2n) is 10.9. The van der Waals surface area contributed by atoms with E-state index in [1.807, 2.05) is 24.5 Å². The number of aliphatic hydroxyl groups excluding tert-OH is 1. The van der Waals surface area contributed by atoms with Crippen molar-refractivity contribution in [1.29, 1.82) is 0 Å². The van der Waals surface area contributed by atoms with Crippen molar-refractivity contribution in [1.82, 2.24) is 25.5 Å². The number of aromatic amines is 1. The molecule has 228 valence electrons. The number of benzene rings is 2. The van der Waals surface area contributed by atoms with Crippen LogP contribution in [0.3, 0.4) is 0 Å². The third-order valence-electron chi connectivity index (χ3n) is 7.90. The second-order valence-corrected chi connectivity index (χ2v) is 10.9. The highest BCUT2D eigenvalue weighted by molar-refractivity contribution is 5.98. The van der Waals surface area contributed by atoms with Gasteiger partial charge >= 0.3 is 12.1 Å². The molecule has 5 aromatic rings. The van der Waals surface area contributed by atoms with Crippen LogP contribution in [0, 0.1) is 5.41 Å². The van der Waals surface area contributed by atoms with E-state index in [9.17, 15) is 18.3 Å². The topological polar surface area (TPSA) is 124 Å². The first-order chi connectivity index (χ1) is 21.2. The number of pyridine rings is 2. The molecule has 1 saturated carbocycles. The number of rotatable bonds is 8. The fraction of sp³-hybridized carbons (Fsp3) is 0.273. The lowest BCUT2D eigenvalue weighted by molar-refractivity contribution is -0.192. The van der Waals surface area contributed by atoms with Crippen molar-refractivity contribution in [3.8, 4) is 33.6 Å². The Bertz CT molecular complexity index is 1690. The van der Waals surface area contributed by atoms with Crippen LogP contribution in [0.5, 0.6) is 0 Å². The normalized spacial score (nSPS) is 14.3. The molecule has 1 aliphatic carbocycles. The van der Waals surface area contributed by atoms with Gasteiger partial charge in [0.25, 0.3) is 0 Å². The molecule has 8 nitrogen and oxygen atoms in total. The summed E-state index contributed by atoms with van der Waals surface area (Å²) in [4.78, 5) is 18.7. The summed E-state index contributed by atoms with van der Waals surface area (Å²) in [6, 6.07) is 23.2. The molecule has 0 radical (unpaired) electrons. The number of hydrogen-bond acceptors (Lipinski definition) is 6. The Kier molecular flexibility index (Phi) is 9.36. The van der Waals surface area contributed by atoms with Gasteiger partial charge < -0.3 is 15.5 Å². The Morgan fingerprint density at radius 1 is 0.955 bits per heavy atom. The second kappa shape index (κ2) is 13.4. The lowest BCUT2D eigenvalue weighted by Gasteiger charge is -2.26. The van der Waals surface area contributed by atoms with Crippen LogP contribution >= 0.6 is 0 Å². The standard InChI is InChI=1S/C31H31N5O.C2HF3O2/c37-21-31(13-4-5-14-31)20-32-17-22-8-10-24(11-9-22)30-26(23-6-2-1-3-7-23)16-27-28(36-30)12-15-33-29(27)25-18-34-35-19-25;3-2(4,5)1(6)7/h1-3,6-12,15-16,18-19,32,37H,4-5,13-14,17,20-21H2,(H,34,35);(H,6,7). The number of nitrogens with one attached hydrogen (secondary N) is 2. The highest BCUT2D eigenvalue weighted by Gasteiger charge is 2.38. The smallest absolute Gasteiger partial charge is 0.475 e. The molecule has 44 heavy (non-hydrogen) atoms. The molecule has 1 fully saturated rings. The van der Waals surface area contributed by atoms with E-state index in [4.69, 9.17) is 14.9 Å². The zero-order valence-corrected chi connectivity index (χ0v) is 23.8. The van der Waals surface area contributed by atoms with Gasteiger partial charge in [-0.05, 0) is 36.1 Å². The van der Waals surface area contributed by atoms with Gasteiger partial charge in [-0.15, -0.1) is 0 Å². The Balaban J connectivity index is 0.000000493. The van der Waals surface area contributed by atoms with Crippen LogP contribution in [0.15, 0.2) is 85.3 Å². The number of carbonyl (C=O) groups is 1. The number of aliphatic hydroxyl groups is 1. The molecule has 0 saturated heterocycles. The van der Waals surface area contributed by atoms with Crippen molar-refractivity contribution in [2.45, 2.75) is 38.4 Å². The molecule has 3 heterocycles. The lowest BCUT2D eigenvalue weighted by Crippen LogP contribution is -2.34. The predicted molar refractivity (Wildman–Crippen MR) is 161 cm³/mol. The maximum Gasteiger partial charge on any atom is 0.490 e. The number of H-pyrrole nitrogens is 1. The van der Waals surface area contributed by atoms with Crippen molar-refractivity contribution in [2.75, 3.05) is 13.2 Å². The molecule has 0 atom stereocenters. The molecular formula is C33H32F3N5O3. The van der Waals surface area contributed by atoms with Crippen molar-refractivity contribution in [3.63, 3.8) is 0 Å². The largest absolute Gasteiger partial charge is 0.490 e. The van der Waals surface area contributed by atoms with Gasteiger partial charge in [0.15, 0.2) is 0 Å². The molecule has 2 aromatic carbocycles. The van der Waals surface area contributed by atoms with Gasteiger partial charge in [-0.25, -0.2) is 9.78 Å². The lowest BCUT2D eigenvalue weighted by atomic mass is 9.87. The number of carboxylic acid groups (broad SMARTS) is 1. The Morgan fingerprint density at radius 2 is 1.66 bits per heavy atom. The molecular weight excluding hydrogens is 571 g/mol. The summed E-state index contributed by atoms with van der Waals surface area (Å²) in [6.07, 6.45) is 5.05.